The topological polar surface area (TPSA) is 72.6 Å². The summed E-state index contributed by atoms with van der Waals surface area (Å²) < 4.78 is 5.17. The van der Waals surface area contributed by atoms with Crippen LogP contribution in [0.3, 0.4) is 0 Å². The van der Waals surface area contributed by atoms with Gasteiger partial charge in [-0.15, -0.1) is 0 Å². The number of ether oxygens (including phenoxy) is 1. The van der Waals surface area contributed by atoms with Crippen molar-refractivity contribution in [1.29, 1.82) is 0 Å². The van der Waals surface area contributed by atoms with Gasteiger partial charge in [-0.2, -0.15) is 0 Å². The van der Waals surface area contributed by atoms with Gasteiger partial charge in [0.15, 0.2) is 0 Å². The average Bonchev–Trinajstić information content (AvgIpc) is 2.92. The minimum Gasteiger partial charge on any atom is -0.382 e. The molecule has 2 amide bonds. The first-order valence-electron chi connectivity index (χ1n) is 7.25. The fourth-order valence-corrected chi connectivity index (χ4v) is 3.07. The van der Waals surface area contributed by atoms with E-state index in [0.29, 0.717) is 18.5 Å². The van der Waals surface area contributed by atoms with Crippen molar-refractivity contribution in [2.45, 2.75) is 31.7 Å². The fourth-order valence-electron chi connectivity index (χ4n) is 3.07. The SMILES string of the molecule is CCc1ccccc1C(=O)N1CCCC1(COC)C(N)=O. The predicted octanol–water partition coefficient (Wildman–Crippen LogP) is 1.36. The molecule has 5 nitrogen and oxygen atoms in total. The normalized spacial score (nSPS) is 21.5. The third kappa shape index (κ3) is 2.65. The van der Waals surface area contributed by atoms with Crippen LogP contribution in [0.4, 0.5) is 0 Å². The molecular formula is C16H22N2O3. The first-order valence-corrected chi connectivity index (χ1v) is 7.25. The van der Waals surface area contributed by atoms with Gasteiger partial charge in [0, 0.05) is 19.2 Å². The highest BCUT2D eigenvalue weighted by molar-refractivity contribution is 6.00. The first-order chi connectivity index (χ1) is 10.1. The third-order valence-corrected chi connectivity index (χ3v) is 4.20. The summed E-state index contributed by atoms with van der Waals surface area (Å²) in [4.78, 5) is 26.4. The van der Waals surface area contributed by atoms with Crippen LogP contribution in [0.25, 0.3) is 0 Å². The fraction of sp³-hybridized carbons (Fsp3) is 0.500. The first kappa shape index (κ1) is 15.5. The second kappa shape index (κ2) is 6.26. The molecule has 0 saturated carbocycles. The van der Waals surface area contributed by atoms with E-state index in [9.17, 15) is 9.59 Å². The minimum atomic E-state index is -1.02. The maximum atomic E-state index is 12.9. The molecule has 0 spiro atoms. The average molecular weight is 290 g/mol. The molecule has 21 heavy (non-hydrogen) atoms. The van der Waals surface area contributed by atoms with E-state index in [4.69, 9.17) is 10.5 Å². The van der Waals surface area contributed by atoms with Crippen LogP contribution in [0.2, 0.25) is 0 Å². The van der Waals surface area contributed by atoms with Crippen LogP contribution in [-0.4, -0.2) is 42.5 Å². The second-order valence-corrected chi connectivity index (χ2v) is 5.40. The summed E-state index contributed by atoms with van der Waals surface area (Å²) in [7, 11) is 1.52. The number of benzene rings is 1. The van der Waals surface area contributed by atoms with Crippen molar-refractivity contribution in [1.82, 2.24) is 4.90 Å². The standard InChI is InChI=1S/C16H22N2O3/c1-3-12-7-4-5-8-13(12)14(19)18-10-6-9-16(18,11-21-2)15(17)20/h4-5,7-8H,3,6,9-11H2,1-2H3,(H2,17,20). The van der Waals surface area contributed by atoms with E-state index in [-0.39, 0.29) is 12.5 Å². The van der Waals surface area contributed by atoms with Crippen LogP contribution in [0, 0.1) is 0 Å². The maximum absolute atomic E-state index is 12.9. The van der Waals surface area contributed by atoms with Crippen molar-refractivity contribution in [3.63, 3.8) is 0 Å². The Morgan fingerprint density at radius 3 is 2.71 bits per heavy atom. The van der Waals surface area contributed by atoms with Gasteiger partial charge >= 0.3 is 0 Å². The Kier molecular flexibility index (Phi) is 4.63. The maximum Gasteiger partial charge on any atom is 0.255 e. The summed E-state index contributed by atoms with van der Waals surface area (Å²) in [6.07, 6.45) is 2.08. The molecule has 1 aromatic carbocycles. The van der Waals surface area contributed by atoms with Crippen molar-refractivity contribution >= 4 is 11.8 Å². The van der Waals surface area contributed by atoms with Crippen molar-refractivity contribution in [2.75, 3.05) is 20.3 Å². The summed E-state index contributed by atoms with van der Waals surface area (Å²) >= 11 is 0. The molecule has 5 heteroatoms. The molecule has 0 bridgehead atoms. The predicted molar refractivity (Wildman–Crippen MR) is 79.9 cm³/mol. The zero-order valence-electron chi connectivity index (χ0n) is 12.6. The lowest BCUT2D eigenvalue weighted by Crippen LogP contribution is -2.58. The van der Waals surface area contributed by atoms with Gasteiger partial charge in [0.2, 0.25) is 5.91 Å². The molecule has 1 unspecified atom stereocenters. The highest BCUT2D eigenvalue weighted by atomic mass is 16.5. The van der Waals surface area contributed by atoms with E-state index in [1.54, 1.807) is 11.0 Å². The number of primary amides is 1. The molecule has 0 aromatic heterocycles. The molecule has 1 saturated heterocycles. The van der Waals surface area contributed by atoms with E-state index >= 15 is 0 Å². The number of carbonyl (C=O) groups is 2. The molecule has 1 atom stereocenters. The lowest BCUT2D eigenvalue weighted by Gasteiger charge is -2.35. The Morgan fingerprint density at radius 1 is 1.38 bits per heavy atom. The van der Waals surface area contributed by atoms with E-state index in [0.717, 1.165) is 18.4 Å². The number of amides is 2. The van der Waals surface area contributed by atoms with Crippen LogP contribution < -0.4 is 5.73 Å². The number of rotatable bonds is 5. The summed E-state index contributed by atoms with van der Waals surface area (Å²) in [5.41, 5.74) is 6.18. The van der Waals surface area contributed by atoms with Crippen molar-refractivity contribution in [2.24, 2.45) is 5.73 Å². The van der Waals surface area contributed by atoms with Gasteiger partial charge in [0.1, 0.15) is 5.54 Å². The number of nitrogens with zero attached hydrogens (tertiary/aromatic N) is 1. The Balaban J connectivity index is 2.39. The molecule has 1 fully saturated rings. The van der Waals surface area contributed by atoms with Crippen molar-refractivity contribution in [3.8, 4) is 0 Å². The summed E-state index contributed by atoms with van der Waals surface area (Å²) in [6, 6.07) is 7.49. The zero-order chi connectivity index (χ0) is 15.5. The number of hydrogen-bond acceptors (Lipinski definition) is 3. The van der Waals surface area contributed by atoms with Crippen LogP contribution in [0.5, 0.6) is 0 Å². The molecule has 1 aromatic rings. The molecule has 1 aliphatic heterocycles. The lowest BCUT2D eigenvalue weighted by molar-refractivity contribution is -0.130. The molecule has 114 valence electrons. The number of likely N-dealkylation sites (tertiary alicyclic amines) is 1. The van der Waals surface area contributed by atoms with E-state index in [1.165, 1.54) is 7.11 Å². The Labute approximate surface area is 125 Å². The van der Waals surface area contributed by atoms with Crippen molar-refractivity contribution < 1.29 is 14.3 Å². The van der Waals surface area contributed by atoms with Gasteiger partial charge in [0.05, 0.1) is 6.61 Å². The zero-order valence-corrected chi connectivity index (χ0v) is 12.6. The number of carbonyl (C=O) groups excluding carboxylic acids is 2. The van der Waals surface area contributed by atoms with Gasteiger partial charge in [-0.05, 0) is 30.9 Å². The van der Waals surface area contributed by atoms with Crippen LogP contribution in [0.15, 0.2) is 24.3 Å². The van der Waals surface area contributed by atoms with E-state index in [1.807, 2.05) is 25.1 Å². The highest BCUT2D eigenvalue weighted by Crippen LogP contribution is 2.31. The van der Waals surface area contributed by atoms with Gasteiger partial charge in [-0.25, -0.2) is 0 Å². The smallest absolute Gasteiger partial charge is 0.255 e. The van der Waals surface area contributed by atoms with Gasteiger partial charge in [-0.1, -0.05) is 25.1 Å². The molecule has 1 aliphatic rings. The molecular weight excluding hydrogens is 268 g/mol. The highest BCUT2D eigenvalue weighted by Gasteiger charge is 2.49. The summed E-state index contributed by atoms with van der Waals surface area (Å²) in [5, 5.41) is 0. The number of aryl methyl sites for hydroxylation is 1. The largest absolute Gasteiger partial charge is 0.382 e. The minimum absolute atomic E-state index is 0.138. The molecule has 0 radical (unpaired) electrons. The lowest BCUT2D eigenvalue weighted by atomic mass is 9.94. The van der Waals surface area contributed by atoms with E-state index < -0.39 is 11.4 Å². The molecule has 1 heterocycles. The van der Waals surface area contributed by atoms with E-state index in [2.05, 4.69) is 0 Å². The number of methoxy groups -OCH3 is 1. The molecule has 0 aliphatic carbocycles. The number of hydrogen-bond donors (Lipinski definition) is 1. The summed E-state index contributed by atoms with van der Waals surface area (Å²) in [5.74, 6) is -0.634. The van der Waals surface area contributed by atoms with Crippen LogP contribution >= 0.6 is 0 Å². The van der Waals surface area contributed by atoms with Crippen LogP contribution in [-0.2, 0) is 16.0 Å². The number of nitrogens with two attached hydrogens (primary N) is 1. The molecule has 2 rings (SSSR count). The van der Waals surface area contributed by atoms with Crippen molar-refractivity contribution in [3.05, 3.63) is 35.4 Å². The van der Waals surface area contributed by atoms with Gasteiger partial charge in [0.25, 0.3) is 5.91 Å². The van der Waals surface area contributed by atoms with Gasteiger partial charge in [-0.3, -0.25) is 9.59 Å². The monoisotopic (exact) mass is 290 g/mol. The quantitative estimate of drug-likeness (QED) is 0.890. The van der Waals surface area contributed by atoms with Gasteiger partial charge < -0.3 is 15.4 Å². The second-order valence-electron chi connectivity index (χ2n) is 5.40. The Hall–Kier alpha value is -1.88. The van der Waals surface area contributed by atoms with Crippen LogP contribution in [0.1, 0.15) is 35.7 Å². The molecule has 2 N–H and O–H groups in total. The summed E-state index contributed by atoms with van der Waals surface area (Å²) in [6.45, 7) is 2.68. The Bertz CT molecular complexity index is 544. The Morgan fingerprint density at radius 2 is 2.10 bits per heavy atom. The third-order valence-electron chi connectivity index (χ3n) is 4.20.